The third-order valence-electron chi connectivity index (χ3n) is 3.08. The summed E-state index contributed by atoms with van der Waals surface area (Å²) in [5.41, 5.74) is 6.92. The minimum absolute atomic E-state index is 0.131. The molecule has 0 aliphatic rings. The predicted octanol–water partition coefficient (Wildman–Crippen LogP) is 3.24. The molecule has 0 saturated heterocycles. The van der Waals surface area contributed by atoms with E-state index in [1.165, 1.54) is 0 Å². The summed E-state index contributed by atoms with van der Waals surface area (Å²) >= 11 is 0. The smallest absolute Gasteiger partial charge is 0.244 e. The van der Waals surface area contributed by atoms with Crippen LogP contribution in [0.1, 0.15) is 46.1 Å². The first kappa shape index (κ1) is 16.5. The lowest BCUT2D eigenvalue weighted by Gasteiger charge is -2.23. The van der Waals surface area contributed by atoms with Gasteiger partial charge in [-0.05, 0) is 57.9 Å². The van der Waals surface area contributed by atoms with Crippen molar-refractivity contribution in [2.45, 2.75) is 59.1 Å². The highest BCUT2D eigenvalue weighted by atomic mass is 16.5. The quantitative estimate of drug-likeness (QED) is 0.839. The van der Waals surface area contributed by atoms with Gasteiger partial charge in [-0.15, -0.1) is 0 Å². The third-order valence-corrected chi connectivity index (χ3v) is 3.08. The third kappa shape index (κ3) is 4.53. The number of hydrogen-bond donors (Lipinski definition) is 2. The monoisotopic (exact) mass is 278 g/mol. The van der Waals surface area contributed by atoms with Crippen molar-refractivity contribution in [2.75, 3.05) is 5.32 Å². The highest BCUT2D eigenvalue weighted by molar-refractivity contribution is 5.97. The van der Waals surface area contributed by atoms with Gasteiger partial charge in [0.05, 0.1) is 11.6 Å². The molecular weight excluding hydrogens is 252 g/mol. The Hall–Kier alpha value is -1.55. The van der Waals surface area contributed by atoms with E-state index in [1.807, 2.05) is 45.9 Å². The summed E-state index contributed by atoms with van der Waals surface area (Å²) in [6.07, 6.45) is 1.67. The minimum Gasteiger partial charge on any atom is -0.491 e. The molecule has 0 heterocycles. The second kappa shape index (κ2) is 6.75. The Bertz CT molecular complexity index is 468. The number of benzene rings is 1. The van der Waals surface area contributed by atoms with Gasteiger partial charge in [-0.1, -0.05) is 13.3 Å². The summed E-state index contributed by atoms with van der Waals surface area (Å²) in [6, 6.07) is 5.61. The summed E-state index contributed by atoms with van der Waals surface area (Å²) < 4.78 is 5.67. The number of rotatable bonds is 6. The van der Waals surface area contributed by atoms with Gasteiger partial charge in [0.2, 0.25) is 5.91 Å². The van der Waals surface area contributed by atoms with E-state index in [2.05, 4.69) is 5.32 Å². The maximum absolute atomic E-state index is 12.1. The van der Waals surface area contributed by atoms with Gasteiger partial charge in [-0.25, -0.2) is 0 Å². The number of carbonyl (C=O) groups excluding carboxylic acids is 1. The summed E-state index contributed by atoms with van der Waals surface area (Å²) in [5, 5.41) is 2.87. The number of anilines is 1. The standard InChI is InChI=1S/C16H26N2O2/c1-6-9-16(5,17)15(19)18-13-7-8-14(12(4)10-13)20-11(2)3/h7-8,10-11H,6,9,17H2,1-5H3,(H,18,19). The lowest BCUT2D eigenvalue weighted by molar-refractivity contribution is -0.120. The predicted molar refractivity (Wildman–Crippen MR) is 83.1 cm³/mol. The zero-order valence-corrected chi connectivity index (χ0v) is 13.1. The zero-order valence-electron chi connectivity index (χ0n) is 13.1. The highest BCUT2D eigenvalue weighted by Gasteiger charge is 2.27. The topological polar surface area (TPSA) is 64.4 Å². The van der Waals surface area contributed by atoms with Crippen molar-refractivity contribution >= 4 is 11.6 Å². The lowest BCUT2D eigenvalue weighted by atomic mass is 9.96. The average Bonchev–Trinajstić information content (AvgIpc) is 2.32. The van der Waals surface area contributed by atoms with Crippen LogP contribution in [0.5, 0.6) is 5.75 Å². The molecule has 0 spiro atoms. The Balaban J connectivity index is 2.79. The van der Waals surface area contributed by atoms with Crippen molar-refractivity contribution in [1.29, 1.82) is 0 Å². The second-order valence-electron chi connectivity index (χ2n) is 5.77. The molecule has 1 unspecified atom stereocenters. The van der Waals surface area contributed by atoms with Crippen molar-refractivity contribution in [1.82, 2.24) is 0 Å². The first-order valence-corrected chi connectivity index (χ1v) is 7.14. The SMILES string of the molecule is CCCC(C)(N)C(=O)Nc1ccc(OC(C)C)c(C)c1. The molecule has 3 N–H and O–H groups in total. The number of ether oxygens (including phenoxy) is 1. The van der Waals surface area contributed by atoms with Crippen LogP contribution < -0.4 is 15.8 Å². The Morgan fingerprint density at radius 1 is 1.45 bits per heavy atom. The van der Waals surface area contributed by atoms with E-state index < -0.39 is 5.54 Å². The van der Waals surface area contributed by atoms with Gasteiger partial charge in [-0.3, -0.25) is 4.79 Å². The van der Waals surface area contributed by atoms with E-state index in [0.29, 0.717) is 6.42 Å². The van der Waals surface area contributed by atoms with E-state index in [4.69, 9.17) is 10.5 Å². The summed E-state index contributed by atoms with van der Waals surface area (Å²) in [7, 11) is 0. The summed E-state index contributed by atoms with van der Waals surface area (Å²) in [4.78, 5) is 12.1. The number of nitrogens with one attached hydrogen (secondary N) is 1. The van der Waals surface area contributed by atoms with Crippen LogP contribution in [0.15, 0.2) is 18.2 Å². The fourth-order valence-electron chi connectivity index (χ4n) is 2.02. The van der Waals surface area contributed by atoms with Crippen molar-refractivity contribution in [3.8, 4) is 5.75 Å². The highest BCUT2D eigenvalue weighted by Crippen LogP contribution is 2.23. The number of hydrogen-bond acceptors (Lipinski definition) is 3. The Morgan fingerprint density at radius 2 is 2.10 bits per heavy atom. The van der Waals surface area contributed by atoms with Gasteiger partial charge in [0.1, 0.15) is 5.75 Å². The number of amides is 1. The van der Waals surface area contributed by atoms with Gasteiger partial charge in [0, 0.05) is 5.69 Å². The fraction of sp³-hybridized carbons (Fsp3) is 0.562. The van der Waals surface area contributed by atoms with E-state index in [0.717, 1.165) is 23.4 Å². The number of aryl methyl sites for hydroxylation is 1. The van der Waals surface area contributed by atoms with Crippen LogP contribution in [0.25, 0.3) is 0 Å². The Labute approximate surface area is 121 Å². The summed E-state index contributed by atoms with van der Waals surface area (Å²) in [5.74, 6) is 0.679. The fourth-order valence-corrected chi connectivity index (χ4v) is 2.02. The molecule has 4 heteroatoms. The van der Waals surface area contributed by atoms with E-state index in [-0.39, 0.29) is 12.0 Å². The van der Waals surface area contributed by atoms with Gasteiger partial charge >= 0.3 is 0 Å². The van der Waals surface area contributed by atoms with Crippen molar-refractivity contribution < 1.29 is 9.53 Å². The van der Waals surface area contributed by atoms with E-state index in [9.17, 15) is 4.79 Å². The van der Waals surface area contributed by atoms with Crippen molar-refractivity contribution in [2.24, 2.45) is 5.73 Å². The van der Waals surface area contributed by atoms with Crippen molar-refractivity contribution in [3.05, 3.63) is 23.8 Å². The van der Waals surface area contributed by atoms with E-state index in [1.54, 1.807) is 6.92 Å². The van der Waals surface area contributed by atoms with Gasteiger partial charge in [0.15, 0.2) is 0 Å². The average molecular weight is 278 g/mol. The molecule has 1 aromatic carbocycles. The minimum atomic E-state index is -0.838. The molecule has 0 aliphatic heterocycles. The van der Waals surface area contributed by atoms with Crippen LogP contribution in [0.4, 0.5) is 5.69 Å². The molecule has 1 atom stereocenters. The molecule has 0 aromatic heterocycles. The second-order valence-corrected chi connectivity index (χ2v) is 5.77. The Morgan fingerprint density at radius 3 is 2.60 bits per heavy atom. The van der Waals surface area contributed by atoms with Crippen LogP contribution >= 0.6 is 0 Å². The van der Waals surface area contributed by atoms with Crippen LogP contribution in [-0.4, -0.2) is 17.6 Å². The zero-order chi connectivity index (χ0) is 15.3. The maximum atomic E-state index is 12.1. The largest absolute Gasteiger partial charge is 0.491 e. The van der Waals surface area contributed by atoms with Crippen LogP contribution in [0, 0.1) is 6.92 Å². The molecule has 4 nitrogen and oxygen atoms in total. The lowest BCUT2D eigenvalue weighted by Crippen LogP contribution is -2.48. The molecule has 1 rings (SSSR count). The molecule has 0 fully saturated rings. The number of nitrogens with two attached hydrogens (primary N) is 1. The van der Waals surface area contributed by atoms with Crippen LogP contribution in [-0.2, 0) is 4.79 Å². The normalized spacial score (nSPS) is 13.9. The van der Waals surface area contributed by atoms with Gasteiger partial charge in [-0.2, -0.15) is 0 Å². The molecular formula is C16H26N2O2. The first-order chi connectivity index (χ1) is 9.26. The molecule has 20 heavy (non-hydrogen) atoms. The van der Waals surface area contributed by atoms with E-state index >= 15 is 0 Å². The van der Waals surface area contributed by atoms with Crippen LogP contribution in [0.3, 0.4) is 0 Å². The molecule has 0 saturated carbocycles. The molecule has 1 amide bonds. The summed E-state index contributed by atoms with van der Waals surface area (Å²) in [6.45, 7) is 9.70. The maximum Gasteiger partial charge on any atom is 0.244 e. The molecule has 0 aliphatic carbocycles. The Kier molecular flexibility index (Phi) is 5.57. The molecule has 0 radical (unpaired) electrons. The van der Waals surface area contributed by atoms with Crippen molar-refractivity contribution in [3.63, 3.8) is 0 Å². The molecule has 112 valence electrons. The number of carbonyl (C=O) groups is 1. The van der Waals surface area contributed by atoms with Crippen LogP contribution in [0.2, 0.25) is 0 Å². The molecule has 0 bridgehead atoms. The van der Waals surface area contributed by atoms with Gasteiger partial charge in [0.25, 0.3) is 0 Å². The molecule has 1 aromatic rings. The first-order valence-electron chi connectivity index (χ1n) is 7.14. The van der Waals surface area contributed by atoms with Gasteiger partial charge < -0.3 is 15.8 Å².